The number of halogens is 1. The molecular weight excluding hydrogens is 290 g/mol. The van der Waals surface area contributed by atoms with Crippen molar-refractivity contribution in [3.05, 3.63) is 28.5 Å². The second-order valence-electron chi connectivity index (χ2n) is 5.09. The van der Waals surface area contributed by atoms with Gasteiger partial charge >= 0.3 is 0 Å². The number of benzene rings is 1. The maximum Gasteiger partial charge on any atom is 0.109 e. The SMILES string of the molecule is Cn1c(CC2CCNCC2)nc2c(Br)cccc21. The van der Waals surface area contributed by atoms with Gasteiger partial charge in [-0.2, -0.15) is 0 Å². The Bertz CT molecular complexity index is 555. The van der Waals surface area contributed by atoms with Crippen molar-refractivity contribution in [2.24, 2.45) is 13.0 Å². The zero-order chi connectivity index (χ0) is 12.5. The Hall–Kier alpha value is -0.870. The maximum atomic E-state index is 4.80. The first-order valence-electron chi connectivity index (χ1n) is 6.56. The number of fused-ring (bicyclic) bond motifs is 1. The van der Waals surface area contributed by atoms with Crippen LogP contribution < -0.4 is 5.32 Å². The zero-order valence-electron chi connectivity index (χ0n) is 10.6. The molecule has 0 atom stereocenters. The highest BCUT2D eigenvalue weighted by Gasteiger charge is 2.17. The number of nitrogens with one attached hydrogen (secondary N) is 1. The number of imidazole rings is 1. The Morgan fingerprint density at radius 3 is 2.89 bits per heavy atom. The molecule has 3 nitrogen and oxygen atoms in total. The zero-order valence-corrected chi connectivity index (χ0v) is 12.2. The lowest BCUT2D eigenvalue weighted by Crippen LogP contribution is -2.29. The van der Waals surface area contributed by atoms with Crippen molar-refractivity contribution in [2.45, 2.75) is 19.3 Å². The minimum absolute atomic E-state index is 0.778. The van der Waals surface area contributed by atoms with Gasteiger partial charge in [-0.15, -0.1) is 0 Å². The fraction of sp³-hybridized carbons (Fsp3) is 0.500. The van der Waals surface area contributed by atoms with Gasteiger partial charge in [-0.1, -0.05) is 6.07 Å². The summed E-state index contributed by atoms with van der Waals surface area (Å²) in [6, 6.07) is 6.27. The highest BCUT2D eigenvalue weighted by molar-refractivity contribution is 9.10. The molecule has 0 spiro atoms. The first-order chi connectivity index (χ1) is 8.75. The lowest BCUT2D eigenvalue weighted by atomic mass is 9.94. The number of para-hydroxylation sites is 1. The summed E-state index contributed by atoms with van der Waals surface area (Å²) < 4.78 is 3.33. The van der Waals surface area contributed by atoms with Gasteiger partial charge in [-0.25, -0.2) is 4.98 Å². The number of hydrogen-bond acceptors (Lipinski definition) is 2. The average Bonchev–Trinajstić information content (AvgIpc) is 2.70. The summed E-state index contributed by atoms with van der Waals surface area (Å²) in [4.78, 5) is 4.80. The van der Waals surface area contributed by atoms with E-state index < -0.39 is 0 Å². The monoisotopic (exact) mass is 307 g/mol. The van der Waals surface area contributed by atoms with Crippen LogP contribution in [-0.4, -0.2) is 22.6 Å². The molecule has 0 saturated carbocycles. The van der Waals surface area contributed by atoms with Gasteiger partial charge in [0.1, 0.15) is 11.3 Å². The van der Waals surface area contributed by atoms with Crippen LogP contribution in [0.4, 0.5) is 0 Å². The molecule has 96 valence electrons. The molecule has 2 aromatic rings. The van der Waals surface area contributed by atoms with Gasteiger partial charge in [0.15, 0.2) is 0 Å². The second-order valence-corrected chi connectivity index (χ2v) is 5.95. The molecule has 1 aromatic carbocycles. The first-order valence-corrected chi connectivity index (χ1v) is 7.35. The molecule has 1 aromatic heterocycles. The van der Waals surface area contributed by atoms with E-state index in [1.54, 1.807) is 0 Å². The molecule has 1 N–H and O–H groups in total. The summed E-state index contributed by atoms with van der Waals surface area (Å²) >= 11 is 3.58. The van der Waals surface area contributed by atoms with E-state index in [1.807, 2.05) is 0 Å². The Balaban J connectivity index is 1.92. The van der Waals surface area contributed by atoms with Crippen LogP contribution >= 0.6 is 15.9 Å². The van der Waals surface area contributed by atoms with Crippen molar-refractivity contribution in [1.82, 2.24) is 14.9 Å². The first kappa shape index (κ1) is 12.2. The van der Waals surface area contributed by atoms with E-state index in [0.717, 1.165) is 35.4 Å². The molecule has 1 fully saturated rings. The van der Waals surface area contributed by atoms with Gasteiger partial charge in [-0.05, 0) is 59.9 Å². The van der Waals surface area contributed by atoms with Crippen molar-refractivity contribution in [2.75, 3.05) is 13.1 Å². The van der Waals surface area contributed by atoms with Crippen molar-refractivity contribution in [1.29, 1.82) is 0 Å². The van der Waals surface area contributed by atoms with E-state index in [4.69, 9.17) is 4.98 Å². The smallest absolute Gasteiger partial charge is 0.109 e. The third-order valence-electron chi connectivity index (χ3n) is 3.88. The van der Waals surface area contributed by atoms with Crippen molar-refractivity contribution >= 4 is 27.0 Å². The summed E-state index contributed by atoms with van der Waals surface area (Å²) in [5, 5.41) is 3.42. The van der Waals surface area contributed by atoms with E-state index in [0.29, 0.717) is 0 Å². The molecule has 0 radical (unpaired) electrons. The molecule has 3 rings (SSSR count). The van der Waals surface area contributed by atoms with Gasteiger partial charge in [0.2, 0.25) is 0 Å². The molecule has 1 saturated heterocycles. The summed E-state index contributed by atoms with van der Waals surface area (Å²) in [7, 11) is 2.12. The largest absolute Gasteiger partial charge is 0.331 e. The second kappa shape index (κ2) is 5.02. The fourth-order valence-corrected chi connectivity index (χ4v) is 3.20. The van der Waals surface area contributed by atoms with Crippen LogP contribution in [0.2, 0.25) is 0 Å². The minimum Gasteiger partial charge on any atom is -0.331 e. The van der Waals surface area contributed by atoms with E-state index in [9.17, 15) is 0 Å². The van der Waals surface area contributed by atoms with Crippen molar-refractivity contribution in [3.63, 3.8) is 0 Å². The third-order valence-corrected chi connectivity index (χ3v) is 4.52. The fourth-order valence-electron chi connectivity index (χ4n) is 2.75. The molecule has 0 bridgehead atoms. The third kappa shape index (κ3) is 2.19. The highest BCUT2D eigenvalue weighted by Crippen LogP contribution is 2.25. The van der Waals surface area contributed by atoms with Gasteiger partial charge in [0.05, 0.1) is 5.52 Å². The predicted molar refractivity (Wildman–Crippen MR) is 77.7 cm³/mol. The summed E-state index contributed by atoms with van der Waals surface area (Å²) in [5.41, 5.74) is 2.30. The van der Waals surface area contributed by atoms with Crippen LogP contribution in [0.15, 0.2) is 22.7 Å². The van der Waals surface area contributed by atoms with Crippen LogP contribution in [-0.2, 0) is 13.5 Å². The number of nitrogens with zero attached hydrogens (tertiary/aromatic N) is 2. The summed E-state index contributed by atoms with van der Waals surface area (Å²) in [6.07, 6.45) is 3.63. The number of piperidine rings is 1. The summed E-state index contributed by atoms with van der Waals surface area (Å²) in [6.45, 7) is 2.30. The van der Waals surface area contributed by atoms with Crippen LogP contribution in [0.1, 0.15) is 18.7 Å². The van der Waals surface area contributed by atoms with E-state index in [1.165, 1.54) is 24.2 Å². The molecule has 0 amide bonds. The van der Waals surface area contributed by atoms with Gasteiger partial charge in [0.25, 0.3) is 0 Å². The quantitative estimate of drug-likeness (QED) is 0.924. The molecule has 1 aliphatic rings. The Morgan fingerprint density at radius 2 is 2.17 bits per heavy atom. The maximum absolute atomic E-state index is 4.80. The van der Waals surface area contributed by atoms with Gasteiger partial charge in [0, 0.05) is 17.9 Å². The molecule has 0 aliphatic carbocycles. The number of rotatable bonds is 2. The molecular formula is C14H18BrN3. The van der Waals surface area contributed by atoms with E-state index in [-0.39, 0.29) is 0 Å². The van der Waals surface area contributed by atoms with Crippen LogP contribution in [0.25, 0.3) is 11.0 Å². The predicted octanol–water partition coefficient (Wildman–Crippen LogP) is 2.88. The molecule has 2 heterocycles. The number of hydrogen-bond donors (Lipinski definition) is 1. The Labute approximate surface area is 116 Å². The number of aromatic nitrogens is 2. The molecule has 0 unspecified atom stereocenters. The topological polar surface area (TPSA) is 29.9 Å². The lowest BCUT2D eigenvalue weighted by molar-refractivity contribution is 0.365. The Kier molecular flexibility index (Phi) is 3.39. The highest BCUT2D eigenvalue weighted by atomic mass is 79.9. The normalized spacial score (nSPS) is 17.4. The average molecular weight is 308 g/mol. The van der Waals surface area contributed by atoms with Gasteiger partial charge < -0.3 is 9.88 Å². The molecule has 1 aliphatic heterocycles. The lowest BCUT2D eigenvalue weighted by Gasteiger charge is -2.22. The minimum atomic E-state index is 0.778. The Morgan fingerprint density at radius 1 is 1.39 bits per heavy atom. The van der Waals surface area contributed by atoms with Crippen molar-refractivity contribution < 1.29 is 0 Å². The molecule has 4 heteroatoms. The van der Waals surface area contributed by atoms with Crippen LogP contribution in [0.5, 0.6) is 0 Å². The van der Waals surface area contributed by atoms with Gasteiger partial charge in [-0.3, -0.25) is 0 Å². The number of aryl methyl sites for hydroxylation is 1. The van der Waals surface area contributed by atoms with Crippen molar-refractivity contribution in [3.8, 4) is 0 Å². The molecule has 18 heavy (non-hydrogen) atoms. The summed E-state index contributed by atoms with van der Waals surface area (Å²) in [5.74, 6) is 1.99. The van der Waals surface area contributed by atoms with E-state index in [2.05, 4.69) is 51.1 Å². The van der Waals surface area contributed by atoms with E-state index >= 15 is 0 Å². The van der Waals surface area contributed by atoms with Crippen LogP contribution in [0, 0.1) is 5.92 Å². The standard InChI is InChI=1S/C14H18BrN3/c1-18-12-4-2-3-11(15)14(12)17-13(18)9-10-5-7-16-8-6-10/h2-4,10,16H,5-9H2,1H3. The van der Waals surface area contributed by atoms with Crippen LogP contribution in [0.3, 0.4) is 0 Å².